The molecule has 0 saturated carbocycles. The molecule has 8 heteroatoms. The minimum atomic E-state index is -3.49. The summed E-state index contributed by atoms with van der Waals surface area (Å²) < 4.78 is 39.0. The highest BCUT2D eigenvalue weighted by atomic mass is 32.2. The molecule has 2 aliphatic rings. The van der Waals surface area contributed by atoms with Crippen molar-refractivity contribution in [3.8, 4) is 5.75 Å². The molecule has 7 nitrogen and oxygen atoms in total. The average molecular weight is 499 g/mol. The summed E-state index contributed by atoms with van der Waals surface area (Å²) in [5, 5.41) is 2.87. The van der Waals surface area contributed by atoms with Crippen LogP contribution in [-0.2, 0) is 19.6 Å². The highest BCUT2D eigenvalue weighted by Gasteiger charge is 2.24. The fraction of sp³-hybridized carbons (Fsp3) is 0.444. The van der Waals surface area contributed by atoms with Crippen LogP contribution in [0.3, 0.4) is 0 Å². The van der Waals surface area contributed by atoms with E-state index in [4.69, 9.17) is 9.47 Å². The molecule has 35 heavy (non-hydrogen) atoms. The molecule has 1 atom stereocenters. The van der Waals surface area contributed by atoms with Crippen LogP contribution in [0.15, 0.2) is 53.4 Å². The van der Waals surface area contributed by atoms with E-state index in [1.807, 2.05) is 25.1 Å². The second-order valence-corrected chi connectivity index (χ2v) is 11.1. The Morgan fingerprint density at radius 3 is 2.51 bits per heavy atom. The molecule has 2 saturated heterocycles. The first-order chi connectivity index (χ1) is 16.9. The van der Waals surface area contributed by atoms with Gasteiger partial charge in [0.05, 0.1) is 16.7 Å². The first kappa shape index (κ1) is 25.4. The van der Waals surface area contributed by atoms with Gasteiger partial charge in [-0.1, -0.05) is 31.0 Å². The number of nitrogens with zero attached hydrogens (tertiary/aromatic N) is 1. The average Bonchev–Trinajstić information content (AvgIpc) is 3.22. The summed E-state index contributed by atoms with van der Waals surface area (Å²) in [5.41, 5.74) is 2.38. The number of hydrogen-bond acceptors (Lipinski definition) is 5. The van der Waals surface area contributed by atoms with E-state index in [-0.39, 0.29) is 16.9 Å². The molecule has 188 valence electrons. The molecule has 0 aliphatic carbocycles. The molecule has 0 spiro atoms. The van der Waals surface area contributed by atoms with Crippen molar-refractivity contribution in [1.29, 1.82) is 0 Å². The molecule has 0 aromatic heterocycles. The largest absolute Gasteiger partial charge is 0.489 e. The lowest BCUT2D eigenvalue weighted by Crippen LogP contribution is -2.31. The number of sulfonamides is 1. The maximum atomic E-state index is 12.9. The van der Waals surface area contributed by atoms with Gasteiger partial charge in [-0.3, -0.25) is 4.79 Å². The molecule has 2 aromatic rings. The van der Waals surface area contributed by atoms with Gasteiger partial charge in [0.25, 0.3) is 0 Å². The summed E-state index contributed by atoms with van der Waals surface area (Å²) in [6.07, 6.45) is 9.15. The molecular weight excluding hydrogens is 464 g/mol. The Kier molecular flexibility index (Phi) is 8.59. The van der Waals surface area contributed by atoms with Crippen molar-refractivity contribution < 1.29 is 22.7 Å². The van der Waals surface area contributed by atoms with Crippen LogP contribution < -0.4 is 10.1 Å². The lowest BCUT2D eigenvalue weighted by molar-refractivity contribution is -0.111. The Hall–Kier alpha value is -2.68. The van der Waals surface area contributed by atoms with E-state index < -0.39 is 10.0 Å². The van der Waals surface area contributed by atoms with Gasteiger partial charge in [0, 0.05) is 25.8 Å². The zero-order valence-electron chi connectivity index (χ0n) is 20.2. The summed E-state index contributed by atoms with van der Waals surface area (Å²) in [4.78, 5) is 12.9. The number of anilines is 1. The molecular formula is C27H34N2O5S. The van der Waals surface area contributed by atoms with Gasteiger partial charge in [-0.2, -0.15) is 4.31 Å². The number of rotatable bonds is 8. The standard InChI is InChI=1S/C27H34N2O5S/c1-21-8-14-25(26(19-21)34-20-23-7-6-18-33-23)28-27(30)15-11-22-9-12-24(13-10-22)35(31,32)29-16-4-2-3-5-17-29/h8-15,19,23H,2-7,16-18,20H2,1H3,(H,28,30)/b15-11+. The summed E-state index contributed by atoms with van der Waals surface area (Å²) in [6.45, 7) is 4.34. The third-order valence-corrected chi connectivity index (χ3v) is 8.27. The van der Waals surface area contributed by atoms with Gasteiger partial charge in [0.2, 0.25) is 15.9 Å². The Morgan fingerprint density at radius 2 is 1.83 bits per heavy atom. The van der Waals surface area contributed by atoms with Crippen LogP contribution in [-0.4, -0.2) is 51.0 Å². The molecule has 4 rings (SSSR count). The van der Waals surface area contributed by atoms with Crippen molar-refractivity contribution in [3.05, 3.63) is 59.7 Å². The van der Waals surface area contributed by atoms with Crippen molar-refractivity contribution >= 4 is 27.7 Å². The van der Waals surface area contributed by atoms with Crippen LogP contribution in [0.1, 0.15) is 49.7 Å². The topological polar surface area (TPSA) is 84.9 Å². The van der Waals surface area contributed by atoms with E-state index in [1.165, 1.54) is 6.08 Å². The normalized spacial score (nSPS) is 19.5. The number of nitrogens with one attached hydrogen (secondary N) is 1. The molecule has 0 radical (unpaired) electrons. The van der Waals surface area contributed by atoms with Crippen molar-refractivity contribution in [2.45, 2.75) is 56.4 Å². The number of amides is 1. The first-order valence-electron chi connectivity index (χ1n) is 12.4. The van der Waals surface area contributed by atoms with Crippen LogP contribution in [0.4, 0.5) is 5.69 Å². The van der Waals surface area contributed by atoms with Crippen molar-refractivity contribution in [3.63, 3.8) is 0 Å². The minimum Gasteiger partial charge on any atom is -0.489 e. The lowest BCUT2D eigenvalue weighted by atomic mass is 10.2. The van der Waals surface area contributed by atoms with Gasteiger partial charge in [0.1, 0.15) is 12.4 Å². The number of carbonyl (C=O) groups excluding carboxylic acids is 1. The third-order valence-electron chi connectivity index (χ3n) is 6.35. The molecule has 2 heterocycles. The highest BCUT2D eigenvalue weighted by Crippen LogP contribution is 2.27. The Bertz CT molecular complexity index is 1130. The van der Waals surface area contributed by atoms with E-state index in [9.17, 15) is 13.2 Å². The van der Waals surface area contributed by atoms with Crippen LogP contribution in [0.5, 0.6) is 5.75 Å². The monoisotopic (exact) mass is 498 g/mol. The van der Waals surface area contributed by atoms with Gasteiger partial charge >= 0.3 is 0 Å². The number of hydrogen-bond donors (Lipinski definition) is 1. The maximum absolute atomic E-state index is 12.9. The molecule has 1 unspecified atom stereocenters. The molecule has 2 fully saturated rings. The lowest BCUT2D eigenvalue weighted by Gasteiger charge is -2.19. The number of benzene rings is 2. The molecule has 2 aliphatic heterocycles. The minimum absolute atomic E-state index is 0.0881. The summed E-state index contributed by atoms with van der Waals surface area (Å²) in [6, 6.07) is 12.3. The summed E-state index contributed by atoms with van der Waals surface area (Å²) in [5.74, 6) is 0.322. The smallest absolute Gasteiger partial charge is 0.248 e. The third kappa shape index (κ3) is 6.93. The number of ether oxygens (including phenoxy) is 2. The fourth-order valence-electron chi connectivity index (χ4n) is 4.34. The van der Waals surface area contributed by atoms with Crippen molar-refractivity contribution in [1.82, 2.24) is 4.31 Å². The number of aryl methyl sites for hydroxylation is 1. The predicted octanol–water partition coefficient (Wildman–Crippen LogP) is 4.77. The zero-order valence-corrected chi connectivity index (χ0v) is 21.1. The summed E-state index contributed by atoms with van der Waals surface area (Å²) in [7, 11) is -3.49. The first-order valence-corrected chi connectivity index (χ1v) is 13.8. The van der Waals surface area contributed by atoms with E-state index in [0.29, 0.717) is 31.1 Å². The highest BCUT2D eigenvalue weighted by molar-refractivity contribution is 7.89. The molecule has 1 N–H and O–H groups in total. The summed E-state index contributed by atoms with van der Waals surface area (Å²) >= 11 is 0. The fourth-order valence-corrected chi connectivity index (χ4v) is 5.86. The van der Waals surface area contributed by atoms with Crippen LogP contribution in [0, 0.1) is 6.92 Å². The van der Waals surface area contributed by atoms with Crippen LogP contribution >= 0.6 is 0 Å². The quantitative estimate of drug-likeness (QED) is 0.530. The van der Waals surface area contributed by atoms with E-state index in [1.54, 1.807) is 34.6 Å². The predicted molar refractivity (Wildman–Crippen MR) is 137 cm³/mol. The Balaban J connectivity index is 1.37. The number of carbonyl (C=O) groups is 1. The van der Waals surface area contributed by atoms with Gasteiger partial charge in [-0.15, -0.1) is 0 Å². The maximum Gasteiger partial charge on any atom is 0.248 e. The van der Waals surface area contributed by atoms with Crippen molar-refractivity contribution in [2.24, 2.45) is 0 Å². The Morgan fingerprint density at radius 1 is 1.09 bits per heavy atom. The van der Waals surface area contributed by atoms with Crippen LogP contribution in [0.25, 0.3) is 6.08 Å². The Labute approximate surface area is 208 Å². The van der Waals surface area contributed by atoms with Gasteiger partial charge in [-0.25, -0.2) is 8.42 Å². The van der Waals surface area contributed by atoms with E-state index in [2.05, 4.69) is 5.32 Å². The van der Waals surface area contributed by atoms with Gasteiger partial charge < -0.3 is 14.8 Å². The van der Waals surface area contributed by atoms with Gasteiger partial charge in [-0.05, 0) is 74.1 Å². The second kappa shape index (κ2) is 11.8. The molecule has 0 bridgehead atoms. The second-order valence-electron chi connectivity index (χ2n) is 9.16. The molecule has 1 amide bonds. The SMILES string of the molecule is Cc1ccc(NC(=O)/C=C/c2ccc(S(=O)(=O)N3CCCCCC3)cc2)c(OCC2CCCO2)c1. The zero-order chi connectivity index (χ0) is 24.7. The van der Waals surface area contributed by atoms with Gasteiger partial charge in [0.15, 0.2) is 0 Å². The van der Waals surface area contributed by atoms with Crippen LogP contribution in [0.2, 0.25) is 0 Å². The molecule has 2 aromatic carbocycles. The van der Waals surface area contributed by atoms with E-state index >= 15 is 0 Å². The van der Waals surface area contributed by atoms with Crippen molar-refractivity contribution in [2.75, 3.05) is 31.6 Å². The van der Waals surface area contributed by atoms with E-state index in [0.717, 1.165) is 56.3 Å².